The fraction of sp³-hybridized carbons (Fsp3) is 0.286. The molecule has 1 heterocycles. The fourth-order valence-corrected chi connectivity index (χ4v) is 3.57. The fourth-order valence-electron chi connectivity index (χ4n) is 3.19. The molecule has 0 aromatic heterocycles. The third-order valence-electron chi connectivity index (χ3n) is 4.66. The molecule has 1 aliphatic heterocycles. The lowest BCUT2D eigenvalue weighted by Gasteiger charge is -2.22. The lowest BCUT2D eigenvalue weighted by atomic mass is 10.0. The maximum atomic E-state index is 12.6. The molecule has 9 heteroatoms. The number of nitrogens with zero attached hydrogens (tertiary/aromatic N) is 1. The lowest BCUT2D eigenvalue weighted by molar-refractivity contribution is 0.0960. The number of rotatable bonds is 8. The molecule has 2 atom stereocenters. The van der Waals surface area contributed by atoms with Crippen LogP contribution in [0.4, 0.5) is 4.79 Å². The van der Waals surface area contributed by atoms with Crippen LogP contribution in [0.2, 0.25) is 0 Å². The first kappa shape index (κ1) is 22.0. The number of hydrogen-bond acceptors (Lipinski definition) is 7. The standard InChI is InChI=1S/C21H24N2O6S/c1-15-8-10-17(11-9-15)20(29-30(25)26)18-12-23(13-19(18)22-27-2)21(24)28-14-16-6-4-3-5-7-16/h3-11,20,22H,12-14H2,1-2H3,(H,25,26)/p-1. The Kier molecular flexibility index (Phi) is 7.58. The molecular weight excluding hydrogens is 408 g/mol. The van der Waals surface area contributed by atoms with Gasteiger partial charge in [-0.25, -0.2) is 9.00 Å². The van der Waals surface area contributed by atoms with Crippen molar-refractivity contribution in [2.24, 2.45) is 0 Å². The molecule has 1 amide bonds. The lowest BCUT2D eigenvalue weighted by Crippen LogP contribution is -2.31. The minimum Gasteiger partial charge on any atom is -0.750 e. The Bertz CT molecular complexity index is 917. The molecule has 2 aromatic rings. The highest BCUT2D eigenvalue weighted by Crippen LogP contribution is 2.33. The van der Waals surface area contributed by atoms with Crippen LogP contribution in [0.1, 0.15) is 22.8 Å². The van der Waals surface area contributed by atoms with Crippen LogP contribution in [-0.2, 0) is 31.7 Å². The summed E-state index contributed by atoms with van der Waals surface area (Å²) in [6.07, 6.45) is -1.41. The topological polar surface area (TPSA) is 100 Å². The monoisotopic (exact) mass is 431 g/mol. The minimum atomic E-state index is -2.75. The number of ether oxygens (including phenoxy) is 1. The predicted molar refractivity (Wildman–Crippen MR) is 109 cm³/mol. The number of aryl methyl sites for hydroxylation is 1. The predicted octanol–water partition coefficient (Wildman–Crippen LogP) is 2.90. The zero-order valence-corrected chi connectivity index (χ0v) is 17.5. The van der Waals surface area contributed by atoms with Gasteiger partial charge in [0.05, 0.1) is 37.3 Å². The molecular formula is C21H23N2O6S-. The van der Waals surface area contributed by atoms with Crippen molar-refractivity contribution in [2.75, 3.05) is 20.2 Å². The van der Waals surface area contributed by atoms with Crippen LogP contribution in [0, 0.1) is 6.92 Å². The number of hydroxylamine groups is 1. The Labute approximate surface area is 177 Å². The molecule has 30 heavy (non-hydrogen) atoms. The van der Waals surface area contributed by atoms with Crippen molar-refractivity contribution in [1.29, 1.82) is 0 Å². The zero-order valence-electron chi connectivity index (χ0n) is 16.7. The summed E-state index contributed by atoms with van der Waals surface area (Å²) in [5.41, 5.74) is 6.40. The first-order chi connectivity index (χ1) is 14.5. The first-order valence-corrected chi connectivity index (χ1v) is 10.3. The van der Waals surface area contributed by atoms with E-state index in [0.29, 0.717) is 16.8 Å². The van der Waals surface area contributed by atoms with E-state index in [1.165, 1.54) is 12.0 Å². The van der Waals surface area contributed by atoms with Crippen LogP contribution < -0.4 is 5.48 Å². The van der Waals surface area contributed by atoms with Crippen LogP contribution in [0.5, 0.6) is 0 Å². The van der Waals surface area contributed by atoms with Crippen LogP contribution in [0.3, 0.4) is 0 Å². The summed E-state index contributed by atoms with van der Waals surface area (Å²) in [7, 11) is 1.44. The van der Waals surface area contributed by atoms with Crippen LogP contribution in [-0.4, -0.2) is 40.0 Å². The summed E-state index contributed by atoms with van der Waals surface area (Å²) in [4.78, 5) is 19.1. The number of hydrogen-bond donors (Lipinski definition) is 1. The Morgan fingerprint density at radius 1 is 1.17 bits per heavy atom. The number of carbonyl (C=O) groups is 1. The highest BCUT2D eigenvalue weighted by Gasteiger charge is 2.33. The summed E-state index contributed by atoms with van der Waals surface area (Å²) in [6.45, 7) is 2.38. The molecule has 0 spiro atoms. The summed E-state index contributed by atoms with van der Waals surface area (Å²) in [5, 5.41) is 0. The molecule has 0 aliphatic carbocycles. The summed E-state index contributed by atoms with van der Waals surface area (Å²) in [6, 6.07) is 16.7. The van der Waals surface area contributed by atoms with Crippen molar-refractivity contribution in [3.63, 3.8) is 0 Å². The molecule has 2 aromatic carbocycles. The van der Waals surface area contributed by atoms with E-state index in [1.54, 1.807) is 12.1 Å². The molecule has 1 N–H and O–H groups in total. The second kappa shape index (κ2) is 10.4. The van der Waals surface area contributed by atoms with Gasteiger partial charge in [-0.05, 0) is 18.1 Å². The van der Waals surface area contributed by atoms with Crippen molar-refractivity contribution in [3.8, 4) is 0 Å². The van der Waals surface area contributed by atoms with Gasteiger partial charge in [-0.1, -0.05) is 60.2 Å². The quantitative estimate of drug-likeness (QED) is 0.507. The average molecular weight is 431 g/mol. The summed E-state index contributed by atoms with van der Waals surface area (Å²) in [5.74, 6) is 0. The first-order valence-electron chi connectivity index (χ1n) is 9.27. The van der Waals surface area contributed by atoms with Crippen LogP contribution in [0.15, 0.2) is 65.9 Å². The molecule has 160 valence electrons. The Balaban J connectivity index is 1.77. The molecule has 3 rings (SSSR count). The van der Waals surface area contributed by atoms with Gasteiger partial charge in [0.25, 0.3) is 0 Å². The molecule has 0 fully saturated rings. The van der Waals surface area contributed by atoms with Crippen LogP contribution >= 0.6 is 0 Å². The highest BCUT2D eigenvalue weighted by atomic mass is 32.2. The average Bonchev–Trinajstić information content (AvgIpc) is 3.16. The largest absolute Gasteiger partial charge is 0.750 e. The van der Waals surface area contributed by atoms with Gasteiger partial charge in [0.2, 0.25) is 0 Å². The van der Waals surface area contributed by atoms with Crippen molar-refractivity contribution in [2.45, 2.75) is 19.6 Å². The van der Waals surface area contributed by atoms with E-state index in [2.05, 4.69) is 5.48 Å². The Morgan fingerprint density at radius 2 is 1.87 bits per heavy atom. The maximum Gasteiger partial charge on any atom is 0.410 e. The van der Waals surface area contributed by atoms with E-state index in [-0.39, 0.29) is 19.7 Å². The molecule has 0 bridgehead atoms. The van der Waals surface area contributed by atoms with E-state index in [4.69, 9.17) is 13.8 Å². The van der Waals surface area contributed by atoms with E-state index in [1.807, 2.05) is 49.4 Å². The van der Waals surface area contributed by atoms with Gasteiger partial charge in [-0.3, -0.25) is 19.4 Å². The van der Waals surface area contributed by atoms with Gasteiger partial charge >= 0.3 is 6.09 Å². The highest BCUT2D eigenvalue weighted by molar-refractivity contribution is 7.74. The number of amides is 1. The summed E-state index contributed by atoms with van der Waals surface area (Å²) >= 11 is -2.75. The second-order valence-electron chi connectivity index (χ2n) is 6.80. The SMILES string of the molecule is CONC1=C(C(OS(=O)[O-])c2ccc(C)cc2)CN(C(=O)OCc2ccccc2)C1. The molecule has 0 radical (unpaired) electrons. The Morgan fingerprint density at radius 3 is 2.50 bits per heavy atom. The molecule has 0 saturated carbocycles. The normalized spacial score (nSPS) is 15.8. The maximum absolute atomic E-state index is 12.6. The van der Waals surface area contributed by atoms with Gasteiger partial charge in [0.15, 0.2) is 0 Å². The number of nitrogens with one attached hydrogen (secondary N) is 1. The minimum absolute atomic E-state index is 0.134. The van der Waals surface area contributed by atoms with E-state index in [0.717, 1.165) is 11.1 Å². The van der Waals surface area contributed by atoms with Crippen molar-refractivity contribution < 1.29 is 27.3 Å². The second-order valence-corrected chi connectivity index (χ2v) is 7.40. The van der Waals surface area contributed by atoms with Crippen molar-refractivity contribution in [1.82, 2.24) is 10.4 Å². The zero-order chi connectivity index (χ0) is 21.5. The number of benzene rings is 2. The van der Waals surface area contributed by atoms with Gasteiger partial charge in [-0.2, -0.15) is 0 Å². The molecule has 2 unspecified atom stereocenters. The summed E-state index contributed by atoms with van der Waals surface area (Å²) < 4.78 is 33.3. The van der Waals surface area contributed by atoms with Gasteiger partial charge in [0, 0.05) is 5.57 Å². The Hall–Kier alpha value is -2.72. The van der Waals surface area contributed by atoms with Gasteiger partial charge < -0.3 is 9.29 Å². The third kappa shape index (κ3) is 5.67. The number of carbonyl (C=O) groups excluding carboxylic acids is 1. The van der Waals surface area contributed by atoms with Crippen LogP contribution in [0.25, 0.3) is 0 Å². The third-order valence-corrected chi connectivity index (χ3v) is 5.01. The molecule has 1 aliphatic rings. The van der Waals surface area contributed by atoms with E-state index in [9.17, 15) is 13.6 Å². The van der Waals surface area contributed by atoms with E-state index < -0.39 is 23.6 Å². The molecule has 0 saturated heterocycles. The molecule has 8 nitrogen and oxygen atoms in total. The van der Waals surface area contributed by atoms with E-state index >= 15 is 0 Å². The smallest absolute Gasteiger partial charge is 0.410 e. The van der Waals surface area contributed by atoms with Gasteiger partial charge in [-0.15, -0.1) is 0 Å². The van der Waals surface area contributed by atoms with Gasteiger partial charge in [0.1, 0.15) is 12.7 Å². The van der Waals surface area contributed by atoms with Crippen molar-refractivity contribution >= 4 is 17.5 Å². The van der Waals surface area contributed by atoms with Crippen molar-refractivity contribution in [3.05, 3.63) is 82.6 Å².